The van der Waals surface area contributed by atoms with E-state index in [1.54, 1.807) is 0 Å². The van der Waals surface area contributed by atoms with Crippen molar-refractivity contribution in [2.75, 3.05) is 13.2 Å². The van der Waals surface area contributed by atoms with Gasteiger partial charge in [0, 0.05) is 13.1 Å². The van der Waals surface area contributed by atoms with Crippen LogP contribution in [0.5, 0.6) is 0 Å². The van der Waals surface area contributed by atoms with E-state index in [1.165, 1.54) is 5.56 Å². The second kappa shape index (κ2) is 11.2. The van der Waals surface area contributed by atoms with Gasteiger partial charge in [-0.2, -0.15) is 0 Å². The van der Waals surface area contributed by atoms with Gasteiger partial charge in [-0.3, -0.25) is 4.79 Å². The highest BCUT2D eigenvalue weighted by molar-refractivity contribution is 5.71. The van der Waals surface area contributed by atoms with E-state index < -0.39 is 0 Å². The topological polar surface area (TPSA) is 58.6 Å². The first-order valence-corrected chi connectivity index (χ1v) is 8.22. The molecular formula is C18H29NO3. The number of rotatable bonds is 11. The molecule has 4 nitrogen and oxygen atoms in total. The lowest BCUT2D eigenvalue weighted by Crippen LogP contribution is -2.26. The smallest absolute Gasteiger partial charge is 0.308 e. The van der Waals surface area contributed by atoms with Gasteiger partial charge < -0.3 is 15.2 Å². The van der Waals surface area contributed by atoms with Crippen molar-refractivity contribution in [3.8, 4) is 0 Å². The quantitative estimate of drug-likeness (QED) is 0.487. The van der Waals surface area contributed by atoms with Gasteiger partial charge in [-0.25, -0.2) is 0 Å². The van der Waals surface area contributed by atoms with Crippen LogP contribution in [0.25, 0.3) is 0 Å². The van der Waals surface area contributed by atoms with Crippen molar-refractivity contribution in [3.63, 3.8) is 0 Å². The van der Waals surface area contributed by atoms with E-state index in [9.17, 15) is 9.90 Å². The second-order valence-corrected chi connectivity index (χ2v) is 5.74. The number of carbonyl (C=O) groups excluding carboxylic acids is 1. The van der Waals surface area contributed by atoms with E-state index in [0.717, 1.165) is 32.2 Å². The summed E-state index contributed by atoms with van der Waals surface area (Å²) >= 11 is 0. The Morgan fingerprint density at radius 3 is 2.68 bits per heavy atom. The highest BCUT2D eigenvalue weighted by Gasteiger charge is 2.11. The summed E-state index contributed by atoms with van der Waals surface area (Å²) in [5.74, 6) is -0.139. The molecule has 22 heavy (non-hydrogen) atoms. The van der Waals surface area contributed by atoms with Crippen molar-refractivity contribution in [2.24, 2.45) is 5.92 Å². The molecule has 2 N–H and O–H groups in total. The zero-order valence-electron chi connectivity index (χ0n) is 13.8. The molecule has 0 bridgehead atoms. The summed E-state index contributed by atoms with van der Waals surface area (Å²) in [5.41, 5.74) is 1.21. The standard InChI is InChI=1S/C18H29NO3/c1-3-15(2)18(21)22-12-8-7-11-17(20)14-19-13-16-9-5-4-6-10-16/h4-6,9-10,15,17,19-20H,3,7-8,11-14H2,1-2H3. The Labute approximate surface area is 133 Å². The minimum absolute atomic E-state index is 0.0206. The van der Waals surface area contributed by atoms with Gasteiger partial charge in [0.1, 0.15) is 0 Å². The molecule has 0 spiro atoms. The molecule has 0 aliphatic heterocycles. The zero-order valence-corrected chi connectivity index (χ0v) is 13.8. The fourth-order valence-corrected chi connectivity index (χ4v) is 2.04. The largest absolute Gasteiger partial charge is 0.465 e. The van der Waals surface area contributed by atoms with Crippen molar-refractivity contribution >= 4 is 5.97 Å². The fourth-order valence-electron chi connectivity index (χ4n) is 2.04. The molecule has 2 unspecified atom stereocenters. The van der Waals surface area contributed by atoms with Crippen LogP contribution in [0, 0.1) is 5.92 Å². The number of hydrogen-bond acceptors (Lipinski definition) is 4. The monoisotopic (exact) mass is 307 g/mol. The second-order valence-electron chi connectivity index (χ2n) is 5.74. The predicted octanol–water partition coefficient (Wildman–Crippen LogP) is 2.90. The molecule has 1 aromatic carbocycles. The van der Waals surface area contributed by atoms with Gasteiger partial charge in [-0.05, 0) is 31.2 Å². The third-order valence-corrected chi connectivity index (χ3v) is 3.74. The summed E-state index contributed by atoms with van der Waals surface area (Å²) in [6.07, 6.45) is 2.85. The molecule has 0 amide bonds. The van der Waals surface area contributed by atoms with Crippen LogP contribution in [0.2, 0.25) is 0 Å². The third-order valence-electron chi connectivity index (χ3n) is 3.74. The van der Waals surface area contributed by atoms with Gasteiger partial charge in [-0.15, -0.1) is 0 Å². The Kier molecular flexibility index (Phi) is 9.51. The van der Waals surface area contributed by atoms with E-state index in [0.29, 0.717) is 13.2 Å². The van der Waals surface area contributed by atoms with E-state index in [1.807, 2.05) is 32.0 Å². The van der Waals surface area contributed by atoms with Crippen LogP contribution in [0.3, 0.4) is 0 Å². The van der Waals surface area contributed by atoms with Gasteiger partial charge >= 0.3 is 5.97 Å². The Hall–Kier alpha value is -1.39. The molecule has 0 radical (unpaired) electrons. The van der Waals surface area contributed by atoms with Gasteiger partial charge in [0.2, 0.25) is 0 Å². The van der Waals surface area contributed by atoms with Crippen molar-refractivity contribution in [1.82, 2.24) is 5.32 Å². The minimum atomic E-state index is -0.353. The summed E-state index contributed by atoms with van der Waals surface area (Å²) in [4.78, 5) is 11.5. The van der Waals surface area contributed by atoms with Crippen LogP contribution in [0.4, 0.5) is 0 Å². The Balaban J connectivity index is 1.99. The number of unbranched alkanes of at least 4 members (excludes halogenated alkanes) is 1. The van der Waals surface area contributed by atoms with E-state index in [4.69, 9.17) is 4.74 Å². The van der Waals surface area contributed by atoms with E-state index in [2.05, 4.69) is 17.4 Å². The average Bonchev–Trinajstić information content (AvgIpc) is 2.54. The van der Waals surface area contributed by atoms with Gasteiger partial charge in [-0.1, -0.05) is 44.2 Å². The summed E-state index contributed by atoms with van der Waals surface area (Å²) < 4.78 is 5.18. The SMILES string of the molecule is CCC(C)C(=O)OCCCCC(O)CNCc1ccccc1. The number of aliphatic hydroxyl groups excluding tert-OH is 1. The summed E-state index contributed by atoms with van der Waals surface area (Å²) in [6, 6.07) is 10.1. The average molecular weight is 307 g/mol. The Morgan fingerprint density at radius 1 is 1.27 bits per heavy atom. The Morgan fingerprint density at radius 2 is 2.00 bits per heavy atom. The zero-order chi connectivity index (χ0) is 16.2. The maximum atomic E-state index is 11.5. The summed E-state index contributed by atoms with van der Waals surface area (Å²) in [6.45, 7) is 5.66. The lowest BCUT2D eigenvalue weighted by atomic mass is 10.1. The highest BCUT2D eigenvalue weighted by atomic mass is 16.5. The van der Waals surface area contributed by atoms with Gasteiger partial charge in [0.05, 0.1) is 18.6 Å². The van der Waals surface area contributed by atoms with Crippen LogP contribution in [-0.2, 0) is 16.1 Å². The summed E-state index contributed by atoms with van der Waals surface area (Å²) in [7, 11) is 0. The molecule has 0 saturated heterocycles. The predicted molar refractivity (Wildman–Crippen MR) is 88.4 cm³/mol. The molecule has 4 heteroatoms. The van der Waals surface area contributed by atoms with Crippen molar-refractivity contribution < 1.29 is 14.6 Å². The normalized spacial score (nSPS) is 13.6. The molecule has 1 rings (SSSR count). The number of aliphatic hydroxyl groups is 1. The maximum absolute atomic E-state index is 11.5. The van der Waals surface area contributed by atoms with E-state index >= 15 is 0 Å². The molecule has 0 fully saturated rings. The van der Waals surface area contributed by atoms with Crippen LogP contribution < -0.4 is 5.32 Å². The first kappa shape index (κ1) is 18.7. The first-order valence-electron chi connectivity index (χ1n) is 8.22. The number of ether oxygens (including phenoxy) is 1. The molecule has 0 saturated carbocycles. The molecule has 0 aliphatic carbocycles. The molecular weight excluding hydrogens is 278 g/mol. The lowest BCUT2D eigenvalue weighted by Gasteiger charge is -2.12. The minimum Gasteiger partial charge on any atom is -0.465 e. The van der Waals surface area contributed by atoms with Crippen molar-refractivity contribution in [1.29, 1.82) is 0 Å². The third kappa shape index (κ3) is 8.15. The summed E-state index contributed by atoms with van der Waals surface area (Å²) in [5, 5.41) is 13.1. The van der Waals surface area contributed by atoms with E-state index in [-0.39, 0.29) is 18.0 Å². The van der Waals surface area contributed by atoms with Crippen LogP contribution >= 0.6 is 0 Å². The number of hydrogen-bond donors (Lipinski definition) is 2. The number of benzene rings is 1. The molecule has 2 atom stereocenters. The number of esters is 1. The van der Waals surface area contributed by atoms with Crippen molar-refractivity contribution in [2.45, 2.75) is 52.2 Å². The lowest BCUT2D eigenvalue weighted by molar-refractivity contribution is -0.148. The molecule has 0 heterocycles. The first-order chi connectivity index (χ1) is 10.6. The number of nitrogens with one attached hydrogen (secondary N) is 1. The Bertz CT molecular complexity index is 408. The molecule has 0 aromatic heterocycles. The molecule has 1 aromatic rings. The highest BCUT2D eigenvalue weighted by Crippen LogP contribution is 2.06. The number of carbonyl (C=O) groups is 1. The molecule has 0 aliphatic rings. The van der Waals surface area contributed by atoms with Crippen LogP contribution in [0.1, 0.15) is 45.1 Å². The van der Waals surface area contributed by atoms with Crippen LogP contribution in [0.15, 0.2) is 30.3 Å². The maximum Gasteiger partial charge on any atom is 0.308 e. The van der Waals surface area contributed by atoms with Crippen molar-refractivity contribution in [3.05, 3.63) is 35.9 Å². The van der Waals surface area contributed by atoms with Gasteiger partial charge in [0.15, 0.2) is 0 Å². The van der Waals surface area contributed by atoms with Crippen LogP contribution in [-0.4, -0.2) is 30.3 Å². The fraction of sp³-hybridized carbons (Fsp3) is 0.611. The molecule has 124 valence electrons. The van der Waals surface area contributed by atoms with Gasteiger partial charge in [0.25, 0.3) is 0 Å².